The van der Waals surface area contributed by atoms with Crippen molar-refractivity contribution in [2.24, 2.45) is 0 Å². The van der Waals surface area contributed by atoms with E-state index < -0.39 is 11.7 Å². The Morgan fingerprint density at radius 1 is 1.40 bits per heavy atom. The zero-order valence-corrected chi connectivity index (χ0v) is 11.5. The van der Waals surface area contributed by atoms with E-state index in [4.69, 9.17) is 9.47 Å². The van der Waals surface area contributed by atoms with Crippen LogP contribution in [0.3, 0.4) is 0 Å². The van der Waals surface area contributed by atoms with Crippen molar-refractivity contribution >= 4 is 5.91 Å². The molecular weight excluding hydrogens is 258 g/mol. The number of β-amino-alcohol motifs (C(OH)–C–C–N with tert-alkyl or cyclic N) is 1. The van der Waals surface area contributed by atoms with Gasteiger partial charge in [-0.25, -0.2) is 0 Å². The molecule has 2 heterocycles. The Labute approximate surface area is 118 Å². The predicted octanol–water partition coefficient (Wildman–Crippen LogP) is 1.20. The van der Waals surface area contributed by atoms with E-state index in [0.29, 0.717) is 24.6 Å². The van der Waals surface area contributed by atoms with Crippen LogP contribution < -0.4 is 9.47 Å². The number of piperidine rings is 1. The second kappa shape index (κ2) is 4.98. The molecule has 0 bridgehead atoms. The molecule has 0 aromatic heterocycles. The van der Waals surface area contributed by atoms with Gasteiger partial charge < -0.3 is 19.5 Å². The summed E-state index contributed by atoms with van der Waals surface area (Å²) in [5, 5.41) is 10.1. The Kier molecular flexibility index (Phi) is 3.30. The molecule has 0 saturated carbocycles. The van der Waals surface area contributed by atoms with Gasteiger partial charge >= 0.3 is 0 Å². The number of amides is 1. The highest BCUT2D eigenvalue weighted by Crippen LogP contribution is 2.31. The fraction of sp³-hybridized carbons (Fsp3) is 0.533. The minimum absolute atomic E-state index is 0.112. The zero-order chi connectivity index (χ0) is 14.2. The maximum Gasteiger partial charge on any atom is 0.267 e. The van der Waals surface area contributed by atoms with Crippen LogP contribution in [0.25, 0.3) is 0 Å². The molecule has 1 N–H and O–H groups in total. The highest BCUT2D eigenvalue weighted by molar-refractivity contribution is 5.82. The lowest BCUT2D eigenvalue weighted by atomic mass is 9.95. The Morgan fingerprint density at radius 2 is 2.15 bits per heavy atom. The highest BCUT2D eigenvalue weighted by Gasteiger charge is 2.36. The summed E-state index contributed by atoms with van der Waals surface area (Å²) in [6.07, 6.45) is 0.906. The lowest BCUT2D eigenvalue weighted by Crippen LogP contribution is -2.54. The third-order valence-electron chi connectivity index (χ3n) is 3.77. The summed E-state index contributed by atoms with van der Waals surface area (Å²) in [5.74, 6) is 1.16. The number of hydrogen-bond donors (Lipinski definition) is 1. The van der Waals surface area contributed by atoms with Crippen LogP contribution in [0, 0.1) is 0 Å². The van der Waals surface area contributed by atoms with Crippen LogP contribution in [0.2, 0.25) is 0 Å². The summed E-state index contributed by atoms with van der Waals surface area (Å²) < 4.78 is 11.3. The molecule has 5 nitrogen and oxygen atoms in total. The molecule has 1 amide bonds. The second-order valence-corrected chi connectivity index (χ2v) is 5.72. The predicted molar refractivity (Wildman–Crippen MR) is 72.8 cm³/mol. The number of benzene rings is 1. The van der Waals surface area contributed by atoms with Gasteiger partial charge in [0, 0.05) is 13.1 Å². The molecule has 1 aromatic carbocycles. The first-order valence-corrected chi connectivity index (χ1v) is 6.95. The van der Waals surface area contributed by atoms with Crippen LogP contribution in [-0.4, -0.2) is 47.3 Å². The van der Waals surface area contributed by atoms with E-state index in [2.05, 4.69) is 0 Å². The maximum absolute atomic E-state index is 12.5. The molecule has 0 spiro atoms. The molecule has 108 valence electrons. The van der Waals surface area contributed by atoms with Crippen LogP contribution in [0.1, 0.15) is 19.8 Å². The van der Waals surface area contributed by atoms with E-state index in [9.17, 15) is 9.90 Å². The molecule has 2 unspecified atom stereocenters. The van der Waals surface area contributed by atoms with Crippen LogP contribution in [0.4, 0.5) is 0 Å². The lowest BCUT2D eigenvalue weighted by Gasteiger charge is -2.38. The molecule has 1 fully saturated rings. The average Bonchev–Trinajstić information content (AvgIpc) is 2.45. The van der Waals surface area contributed by atoms with Gasteiger partial charge in [-0.1, -0.05) is 12.1 Å². The first kappa shape index (κ1) is 13.2. The van der Waals surface area contributed by atoms with Gasteiger partial charge in [0.25, 0.3) is 5.91 Å². The third kappa shape index (κ3) is 2.58. The van der Waals surface area contributed by atoms with E-state index >= 15 is 0 Å². The standard InChI is InChI=1S/C15H19NO4/c1-15(18)7-4-8-16(10-15)14(17)13-9-19-11-5-2-3-6-12(11)20-13/h2-3,5-6,13,18H,4,7-10H2,1H3. The topological polar surface area (TPSA) is 59.0 Å². The van der Waals surface area contributed by atoms with Gasteiger partial charge in [0.05, 0.1) is 5.60 Å². The van der Waals surface area contributed by atoms with Crippen LogP contribution >= 0.6 is 0 Å². The molecule has 0 aliphatic carbocycles. The van der Waals surface area contributed by atoms with E-state index in [0.717, 1.165) is 12.8 Å². The number of para-hydroxylation sites is 2. The van der Waals surface area contributed by atoms with Crippen molar-refractivity contribution in [3.63, 3.8) is 0 Å². The van der Waals surface area contributed by atoms with Crippen molar-refractivity contribution in [3.05, 3.63) is 24.3 Å². The van der Waals surface area contributed by atoms with Gasteiger partial charge in [0.15, 0.2) is 11.5 Å². The average molecular weight is 277 g/mol. The summed E-state index contributed by atoms with van der Waals surface area (Å²) >= 11 is 0. The second-order valence-electron chi connectivity index (χ2n) is 5.72. The number of carbonyl (C=O) groups is 1. The molecule has 1 aromatic rings. The number of ether oxygens (including phenoxy) is 2. The van der Waals surface area contributed by atoms with Crippen molar-refractivity contribution in [2.75, 3.05) is 19.7 Å². The summed E-state index contributed by atoms with van der Waals surface area (Å²) in [5.41, 5.74) is -0.804. The van der Waals surface area contributed by atoms with Gasteiger partial charge in [-0.3, -0.25) is 4.79 Å². The molecule has 0 radical (unpaired) electrons. The van der Waals surface area contributed by atoms with Crippen molar-refractivity contribution in [2.45, 2.75) is 31.5 Å². The fourth-order valence-electron chi connectivity index (χ4n) is 2.75. The van der Waals surface area contributed by atoms with E-state index in [1.807, 2.05) is 18.2 Å². The molecule has 5 heteroatoms. The Morgan fingerprint density at radius 3 is 2.90 bits per heavy atom. The minimum atomic E-state index is -0.804. The molecule has 20 heavy (non-hydrogen) atoms. The SMILES string of the molecule is CC1(O)CCCN(C(=O)C2COc3ccccc3O2)C1. The largest absolute Gasteiger partial charge is 0.485 e. The molecule has 1 saturated heterocycles. The van der Waals surface area contributed by atoms with Gasteiger partial charge in [-0.15, -0.1) is 0 Å². The Bertz CT molecular complexity index is 514. The number of hydrogen-bond acceptors (Lipinski definition) is 4. The number of nitrogens with zero attached hydrogens (tertiary/aromatic N) is 1. The summed E-state index contributed by atoms with van der Waals surface area (Å²) in [6.45, 7) is 3.00. The Hall–Kier alpha value is -1.75. The van der Waals surface area contributed by atoms with E-state index in [1.165, 1.54) is 0 Å². The molecule has 2 aliphatic heterocycles. The van der Waals surface area contributed by atoms with Crippen molar-refractivity contribution in [1.29, 1.82) is 0 Å². The number of likely N-dealkylation sites (tertiary alicyclic amines) is 1. The van der Waals surface area contributed by atoms with Gasteiger partial charge in [0.2, 0.25) is 6.10 Å². The first-order chi connectivity index (χ1) is 9.55. The van der Waals surface area contributed by atoms with E-state index in [1.54, 1.807) is 17.9 Å². The fourth-order valence-corrected chi connectivity index (χ4v) is 2.75. The Balaban J connectivity index is 1.70. The quantitative estimate of drug-likeness (QED) is 0.838. The van der Waals surface area contributed by atoms with Crippen molar-refractivity contribution < 1.29 is 19.4 Å². The summed E-state index contributed by atoms with van der Waals surface area (Å²) in [6, 6.07) is 7.33. The highest BCUT2D eigenvalue weighted by atomic mass is 16.6. The minimum Gasteiger partial charge on any atom is -0.485 e. The number of aliphatic hydroxyl groups is 1. The molecule has 2 aliphatic rings. The number of carbonyl (C=O) groups excluding carboxylic acids is 1. The van der Waals surface area contributed by atoms with Gasteiger partial charge in [0.1, 0.15) is 6.61 Å². The lowest BCUT2D eigenvalue weighted by molar-refractivity contribution is -0.147. The number of fused-ring (bicyclic) bond motifs is 1. The zero-order valence-electron chi connectivity index (χ0n) is 11.5. The van der Waals surface area contributed by atoms with E-state index in [-0.39, 0.29) is 12.5 Å². The molecule has 2 atom stereocenters. The van der Waals surface area contributed by atoms with Crippen LogP contribution in [-0.2, 0) is 4.79 Å². The molecule has 3 rings (SSSR count). The molecular formula is C15H19NO4. The summed E-state index contributed by atoms with van der Waals surface area (Å²) in [7, 11) is 0. The van der Waals surface area contributed by atoms with Gasteiger partial charge in [-0.2, -0.15) is 0 Å². The smallest absolute Gasteiger partial charge is 0.267 e. The van der Waals surface area contributed by atoms with Crippen LogP contribution in [0.5, 0.6) is 11.5 Å². The van der Waals surface area contributed by atoms with Crippen LogP contribution in [0.15, 0.2) is 24.3 Å². The maximum atomic E-state index is 12.5. The monoisotopic (exact) mass is 277 g/mol. The number of rotatable bonds is 1. The van der Waals surface area contributed by atoms with Crippen molar-refractivity contribution in [1.82, 2.24) is 4.90 Å². The summed E-state index contributed by atoms with van der Waals surface area (Å²) in [4.78, 5) is 14.1. The first-order valence-electron chi connectivity index (χ1n) is 6.95. The normalized spacial score (nSPS) is 29.1. The van der Waals surface area contributed by atoms with Gasteiger partial charge in [-0.05, 0) is 31.9 Å². The third-order valence-corrected chi connectivity index (χ3v) is 3.77. The van der Waals surface area contributed by atoms with Crippen molar-refractivity contribution in [3.8, 4) is 11.5 Å².